The molecule has 0 radical (unpaired) electrons. The fourth-order valence-corrected chi connectivity index (χ4v) is 4.67. The Kier molecular flexibility index (Phi) is 7.13. The Labute approximate surface area is 175 Å². The fourth-order valence-electron chi connectivity index (χ4n) is 3.94. The zero-order valence-corrected chi connectivity index (χ0v) is 17.4. The van der Waals surface area contributed by atoms with Crippen molar-refractivity contribution in [2.24, 2.45) is 0 Å². The smallest absolute Gasteiger partial charge is 0.234 e. The molecule has 1 N–H and O–H groups in total. The molecule has 4 rings (SSSR count). The Morgan fingerprint density at radius 2 is 2.07 bits per heavy atom. The zero-order chi connectivity index (χ0) is 19.9. The van der Waals surface area contributed by atoms with Gasteiger partial charge in [-0.1, -0.05) is 25.0 Å². The summed E-state index contributed by atoms with van der Waals surface area (Å²) in [6, 6.07) is 8.51. The van der Waals surface area contributed by atoms with Crippen molar-refractivity contribution < 1.29 is 9.53 Å². The van der Waals surface area contributed by atoms with Crippen LogP contribution in [0.5, 0.6) is 0 Å². The van der Waals surface area contributed by atoms with Crippen molar-refractivity contribution in [3.63, 3.8) is 0 Å². The summed E-state index contributed by atoms with van der Waals surface area (Å²) in [5.41, 5.74) is 2.05. The minimum absolute atomic E-state index is 0.00147. The lowest BCUT2D eigenvalue weighted by Gasteiger charge is -2.26. The summed E-state index contributed by atoms with van der Waals surface area (Å²) in [5.74, 6) is 1.89. The van der Waals surface area contributed by atoms with Gasteiger partial charge in [0.15, 0.2) is 5.82 Å². The number of nitrogens with zero attached hydrogens (tertiary/aromatic N) is 5. The van der Waals surface area contributed by atoms with Gasteiger partial charge in [-0.25, -0.2) is 4.68 Å². The van der Waals surface area contributed by atoms with Crippen LogP contribution < -0.4 is 5.32 Å². The van der Waals surface area contributed by atoms with E-state index >= 15 is 0 Å². The van der Waals surface area contributed by atoms with E-state index in [1.807, 2.05) is 16.8 Å². The van der Waals surface area contributed by atoms with E-state index in [0.29, 0.717) is 17.5 Å². The normalized spacial score (nSPS) is 18.2. The average Bonchev–Trinajstić information content (AvgIpc) is 3.40. The molecule has 29 heavy (non-hydrogen) atoms. The van der Waals surface area contributed by atoms with E-state index in [1.165, 1.54) is 18.4 Å². The van der Waals surface area contributed by atoms with Gasteiger partial charge in [0.05, 0.1) is 30.8 Å². The van der Waals surface area contributed by atoms with Crippen LogP contribution in [0.2, 0.25) is 0 Å². The number of rotatable bonds is 8. The topological polar surface area (TPSA) is 85.2 Å². The van der Waals surface area contributed by atoms with Gasteiger partial charge in [0.25, 0.3) is 0 Å². The third kappa shape index (κ3) is 5.77. The molecule has 1 saturated heterocycles. The first-order chi connectivity index (χ1) is 14.3. The van der Waals surface area contributed by atoms with Gasteiger partial charge in [-0.3, -0.25) is 9.69 Å². The van der Waals surface area contributed by atoms with Crippen LogP contribution in [0.25, 0.3) is 0 Å². The molecule has 1 saturated carbocycles. The van der Waals surface area contributed by atoms with Gasteiger partial charge in [0.2, 0.25) is 5.91 Å². The van der Waals surface area contributed by atoms with Crippen LogP contribution in [0.4, 0.5) is 5.69 Å². The maximum absolute atomic E-state index is 12.4. The third-order valence-corrected chi connectivity index (χ3v) is 6.35. The minimum atomic E-state index is -0.00147. The van der Waals surface area contributed by atoms with Crippen molar-refractivity contribution in [1.29, 1.82) is 0 Å². The van der Waals surface area contributed by atoms with Crippen molar-refractivity contribution in [2.45, 2.75) is 44.0 Å². The summed E-state index contributed by atoms with van der Waals surface area (Å²) in [5, 5.41) is 15.1. The Morgan fingerprint density at radius 1 is 1.24 bits per heavy atom. The maximum Gasteiger partial charge on any atom is 0.234 e. The van der Waals surface area contributed by atoms with Crippen molar-refractivity contribution in [3.8, 4) is 0 Å². The number of ether oxygens (including phenoxy) is 1. The molecule has 2 aliphatic rings. The molecule has 1 aliphatic carbocycles. The number of hydrogen-bond acceptors (Lipinski definition) is 7. The second kappa shape index (κ2) is 10.2. The number of amides is 1. The number of benzene rings is 1. The van der Waals surface area contributed by atoms with Gasteiger partial charge in [-0.15, -0.1) is 16.9 Å². The molecule has 1 amide bonds. The van der Waals surface area contributed by atoms with Crippen LogP contribution in [-0.2, 0) is 21.8 Å². The van der Waals surface area contributed by atoms with E-state index in [0.717, 1.165) is 57.2 Å². The highest BCUT2D eigenvalue weighted by Crippen LogP contribution is 2.29. The summed E-state index contributed by atoms with van der Waals surface area (Å²) in [4.78, 5) is 14.7. The Bertz CT molecular complexity index is 802. The Morgan fingerprint density at radius 3 is 2.90 bits per heavy atom. The largest absolute Gasteiger partial charge is 0.379 e. The SMILES string of the molecule is O=C(CSCc1nnnn1C1CCCC1)Nc1cccc(CN2CCOCC2)c1. The number of anilines is 1. The first-order valence-corrected chi connectivity index (χ1v) is 11.5. The number of morpholine rings is 1. The minimum Gasteiger partial charge on any atom is -0.379 e. The van der Waals surface area contributed by atoms with E-state index < -0.39 is 0 Å². The summed E-state index contributed by atoms with van der Waals surface area (Å²) in [6.07, 6.45) is 4.77. The van der Waals surface area contributed by atoms with Crippen molar-refractivity contribution in [3.05, 3.63) is 35.7 Å². The van der Waals surface area contributed by atoms with Crippen LogP contribution in [-0.4, -0.2) is 63.1 Å². The lowest BCUT2D eigenvalue weighted by atomic mass is 10.2. The van der Waals surface area contributed by atoms with Gasteiger partial charge in [0, 0.05) is 25.3 Å². The van der Waals surface area contributed by atoms with Gasteiger partial charge in [0.1, 0.15) is 0 Å². The lowest BCUT2D eigenvalue weighted by molar-refractivity contribution is -0.113. The van der Waals surface area contributed by atoms with E-state index in [9.17, 15) is 4.79 Å². The molecule has 0 bridgehead atoms. The van der Waals surface area contributed by atoms with E-state index in [4.69, 9.17) is 4.74 Å². The highest BCUT2D eigenvalue weighted by Gasteiger charge is 2.21. The molecule has 2 heterocycles. The number of carbonyl (C=O) groups excluding carboxylic acids is 1. The first-order valence-electron chi connectivity index (χ1n) is 10.3. The molecule has 2 fully saturated rings. The molecule has 0 unspecified atom stereocenters. The van der Waals surface area contributed by atoms with Crippen molar-refractivity contribution >= 4 is 23.4 Å². The van der Waals surface area contributed by atoms with Crippen LogP contribution in [0.15, 0.2) is 24.3 Å². The molecule has 0 spiro atoms. The van der Waals surface area contributed by atoms with Crippen LogP contribution >= 0.6 is 11.8 Å². The molecule has 9 heteroatoms. The van der Waals surface area contributed by atoms with E-state index in [2.05, 4.69) is 37.9 Å². The predicted octanol–water partition coefficient (Wildman–Crippen LogP) is 2.49. The molecular formula is C20H28N6O2S. The van der Waals surface area contributed by atoms with Gasteiger partial charge >= 0.3 is 0 Å². The van der Waals surface area contributed by atoms with Gasteiger partial charge in [-0.05, 0) is 41.0 Å². The molecule has 1 aromatic carbocycles. The Balaban J connectivity index is 1.24. The highest BCUT2D eigenvalue weighted by atomic mass is 32.2. The second-order valence-electron chi connectivity index (χ2n) is 7.61. The van der Waals surface area contributed by atoms with Gasteiger partial charge in [-0.2, -0.15) is 0 Å². The molecule has 0 atom stereocenters. The zero-order valence-electron chi connectivity index (χ0n) is 16.6. The predicted molar refractivity (Wildman–Crippen MR) is 113 cm³/mol. The average molecular weight is 417 g/mol. The highest BCUT2D eigenvalue weighted by molar-refractivity contribution is 7.99. The number of carbonyl (C=O) groups is 1. The van der Waals surface area contributed by atoms with E-state index in [1.54, 1.807) is 11.8 Å². The summed E-state index contributed by atoms with van der Waals surface area (Å²) in [6.45, 7) is 4.36. The summed E-state index contributed by atoms with van der Waals surface area (Å²) < 4.78 is 7.35. The molecule has 2 aromatic rings. The quantitative estimate of drug-likeness (QED) is 0.708. The Hall–Kier alpha value is -1.97. The van der Waals surface area contributed by atoms with Crippen molar-refractivity contribution in [1.82, 2.24) is 25.1 Å². The summed E-state index contributed by atoms with van der Waals surface area (Å²) in [7, 11) is 0. The molecule has 8 nitrogen and oxygen atoms in total. The number of thioether (sulfide) groups is 1. The number of tetrazole rings is 1. The number of nitrogens with one attached hydrogen (secondary N) is 1. The summed E-state index contributed by atoms with van der Waals surface area (Å²) >= 11 is 1.55. The molecule has 156 valence electrons. The van der Waals surface area contributed by atoms with Crippen LogP contribution in [0.1, 0.15) is 43.1 Å². The maximum atomic E-state index is 12.4. The molecular weight excluding hydrogens is 388 g/mol. The standard InChI is InChI=1S/C20H28N6O2S/c27-20(15-29-14-19-22-23-24-26(19)18-6-1-2-7-18)21-17-5-3-4-16(12-17)13-25-8-10-28-11-9-25/h3-5,12,18H,1-2,6-11,13-15H2,(H,21,27). The van der Waals surface area contributed by atoms with Crippen LogP contribution in [0, 0.1) is 0 Å². The van der Waals surface area contributed by atoms with E-state index in [-0.39, 0.29) is 5.91 Å². The lowest BCUT2D eigenvalue weighted by Crippen LogP contribution is -2.35. The second-order valence-corrected chi connectivity index (χ2v) is 8.59. The third-order valence-electron chi connectivity index (χ3n) is 5.42. The molecule has 1 aromatic heterocycles. The first kappa shape index (κ1) is 20.3. The number of hydrogen-bond donors (Lipinski definition) is 1. The number of aromatic nitrogens is 4. The van der Waals surface area contributed by atoms with Crippen LogP contribution in [0.3, 0.4) is 0 Å². The molecule has 1 aliphatic heterocycles. The monoisotopic (exact) mass is 416 g/mol. The van der Waals surface area contributed by atoms with Gasteiger partial charge < -0.3 is 10.1 Å². The van der Waals surface area contributed by atoms with Crippen molar-refractivity contribution in [2.75, 3.05) is 37.4 Å². The fraction of sp³-hybridized carbons (Fsp3) is 0.600.